The highest BCUT2D eigenvalue weighted by Gasteiger charge is 2.27. The number of carbonyl (C=O) groups is 1. The van der Waals surface area contributed by atoms with Crippen LogP contribution in [0.25, 0.3) is 11.0 Å². The molecule has 0 radical (unpaired) electrons. The van der Waals surface area contributed by atoms with Crippen LogP contribution in [0.3, 0.4) is 0 Å². The first-order chi connectivity index (χ1) is 11.8. The van der Waals surface area contributed by atoms with Crippen molar-refractivity contribution in [3.05, 3.63) is 42.9 Å². The predicted octanol–water partition coefficient (Wildman–Crippen LogP) is 2.21. The van der Waals surface area contributed by atoms with E-state index in [9.17, 15) is 4.79 Å². The van der Waals surface area contributed by atoms with Gasteiger partial charge in [0.05, 0.1) is 23.1 Å². The third kappa shape index (κ3) is 2.92. The zero-order chi connectivity index (χ0) is 16.4. The van der Waals surface area contributed by atoms with Crippen molar-refractivity contribution in [1.82, 2.24) is 19.9 Å². The van der Waals surface area contributed by atoms with E-state index in [4.69, 9.17) is 0 Å². The number of H-pyrrole nitrogens is 1. The number of nitrogens with zero attached hydrogens (tertiary/aromatic N) is 4. The molecule has 7 nitrogen and oxygen atoms in total. The minimum atomic E-state index is -0.0889. The summed E-state index contributed by atoms with van der Waals surface area (Å²) in [6.07, 6.45) is 6.88. The van der Waals surface area contributed by atoms with Crippen LogP contribution in [0.1, 0.15) is 12.8 Å². The van der Waals surface area contributed by atoms with Crippen LogP contribution in [0.15, 0.2) is 42.9 Å². The van der Waals surface area contributed by atoms with Crippen molar-refractivity contribution in [1.29, 1.82) is 0 Å². The van der Waals surface area contributed by atoms with Gasteiger partial charge < -0.3 is 9.88 Å². The summed E-state index contributed by atoms with van der Waals surface area (Å²) in [4.78, 5) is 30.7. The largest absolute Gasteiger partial charge is 0.355 e. The Labute approximate surface area is 139 Å². The summed E-state index contributed by atoms with van der Waals surface area (Å²) in [6.45, 7) is 1.54. The molecule has 122 valence electrons. The van der Waals surface area contributed by atoms with Crippen LogP contribution in [0, 0.1) is 5.92 Å². The number of aromatic amines is 1. The number of fused-ring (bicyclic) bond motifs is 1. The van der Waals surface area contributed by atoms with Gasteiger partial charge in [0.25, 0.3) is 0 Å². The Morgan fingerprint density at radius 1 is 1.29 bits per heavy atom. The summed E-state index contributed by atoms with van der Waals surface area (Å²) < 4.78 is 0. The van der Waals surface area contributed by atoms with Crippen LogP contribution >= 0.6 is 0 Å². The molecular formula is C17H18N6O. The smallest absolute Gasteiger partial charge is 0.231 e. The maximum Gasteiger partial charge on any atom is 0.231 e. The Morgan fingerprint density at radius 2 is 2.21 bits per heavy atom. The van der Waals surface area contributed by atoms with Crippen LogP contribution in [-0.4, -0.2) is 38.9 Å². The number of aromatic nitrogens is 4. The standard InChI is InChI=1S/C17H18N6O/c24-16(22-17-20-13-5-1-2-6-14(13)21-17)12-4-3-9-23(11-12)15-10-18-7-8-19-15/h1-2,5-8,10,12H,3-4,9,11H2,(H2,20,21,22,24)/t12-/m0/s1. The Morgan fingerprint density at radius 3 is 3.04 bits per heavy atom. The van der Waals surface area contributed by atoms with E-state index in [0.717, 1.165) is 36.2 Å². The normalized spacial score (nSPS) is 17.8. The number of benzene rings is 1. The molecular weight excluding hydrogens is 304 g/mol. The third-order valence-electron chi connectivity index (χ3n) is 4.30. The number of piperidine rings is 1. The van der Waals surface area contributed by atoms with Crippen LogP contribution in [0.5, 0.6) is 0 Å². The molecule has 0 aliphatic carbocycles. The Bertz CT molecular complexity index is 813. The van der Waals surface area contributed by atoms with E-state index in [1.807, 2.05) is 24.3 Å². The summed E-state index contributed by atoms with van der Waals surface area (Å²) in [5.74, 6) is 1.22. The van der Waals surface area contributed by atoms with Crippen molar-refractivity contribution >= 4 is 28.7 Å². The van der Waals surface area contributed by atoms with Gasteiger partial charge in [-0.2, -0.15) is 0 Å². The summed E-state index contributed by atoms with van der Waals surface area (Å²) in [5, 5.41) is 2.90. The van der Waals surface area contributed by atoms with E-state index >= 15 is 0 Å². The van der Waals surface area contributed by atoms with E-state index in [-0.39, 0.29) is 11.8 Å². The topological polar surface area (TPSA) is 86.8 Å². The molecule has 7 heteroatoms. The summed E-state index contributed by atoms with van der Waals surface area (Å²) >= 11 is 0. The second kappa shape index (κ2) is 6.27. The Kier molecular flexibility index (Phi) is 3.82. The molecule has 1 aromatic carbocycles. The molecule has 1 saturated heterocycles. The van der Waals surface area contributed by atoms with Crippen molar-refractivity contribution in [2.75, 3.05) is 23.3 Å². The molecule has 0 spiro atoms. The second-order valence-corrected chi connectivity index (χ2v) is 5.94. The summed E-state index contributed by atoms with van der Waals surface area (Å²) in [7, 11) is 0. The van der Waals surface area contributed by atoms with Crippen molar-refractivity contribution < 1.29 is 4.79 Å². The quantitative estimate of drug-likeness (QED) is 0.772. The fourth-order valence-corrected chi connectivity index (χ4v) is 3.08. The van der Waals surface area contributed by atoms with Crippen LogP contribution in [0.2, 0.25) is 0 Å². The van der Waals surface area contributed by atoms with Crippen LogP contribution in [0.4, 0.5) is 11.8 Å². The molecule has 2 aromatic heterocycles. The zero-order valence-electron chi connectivity index (χ0n) is 13.1. The molecule has 3 heterocycles. The number of rotatable bonds is 3. The Balaban J connectivity index is 1.45. The SMILES string of the molecule is O=C(Nc1nc2ccccc2[nH]1)[C@H]1CCCN(c2cnccn2)C1. The minimum absolute atomic E-state index is 0.0114. The first-order valence-corrected chi connectivity index (χ1v) is 8.06. The highest BCUT2D eigenvalue weighted by Crippen LogP contribution is 2.22. The van der Waals surface area contributed by atoms with E-state index < -0.39 is 0 Å². The van der Waals surface area contributed by atoms with Gasteiger partial charge in [-0.05, 0) is 25.0 Å². The van der Waals surface area contributed by atoms with Crippen molar-refractivity contribution in [2.24, 2.45) is 5.92 Å². The van der Waals surface area contributed by atoms with Gasteiger partial charge in [0.2, 0.25) is 11.9 Å². The number of amides is 1. The highest BCUT2D eigenvalue weighted by molar-refractivity contribution is 5.93. The molecule has 1 fully saturated rings. The van der Waals surface area contributed by atoms with E-state index in [1.54, 1.807) is 18.6 Å². The summed E-state index contributed by atoms with van der Waals surface area (Å²) in [6, 6.07) is 7.72. The molecule has 1 aliphatic rings. The fraction of sp³-hybridized carbons (Fsp3) is 0.294. The van der Waals surface area contributed by atoms with Gasteiger partial charge in [0, 0.05) is 25.5 Å². The van der Waals surface area contributed by atoms with Gasteiger partial charge in [0.15, 0.2) is 0 Å². The molecule has 0 unspecified atom stereocenters. The monoisotopic (exact) mass is 322 g/mol. The lowest BCUT2D eigenvalue weighted by molar-refractivity contribution is -0.120. The number of anilines is 2. The second-order valence-electron chi connectivity index (χ2n) is 5.94. The van der Waals surface area contributed by atoms with E-state index in [1.165, 1.54) is 0 Å². The number of imidazole rings is 1. The molecule has 3 aromatic rings. The first kappa shape index (κ1) is 14.6. The average molecular weight is 322 g/mol. The fourth-order valence-electron chi connectivity index (χ4n) is 3.08. The lowest BCUT2D eigenvalue weighted by Crippen LogP contribution is -2.41. The maximum atomic E-state index is 12.6. The van der Waals surface area contributed by atoms with Crippen molar-refractivity contribution in [3.8, 4) is 0 Å². The molecule has 0 bridgehead atoms. The number of carbonyl (C=O) groups excluding carboxylic acids is 1. The van der Waals surface area contributed by atoms with Gasteiger partial charge in [-0.15, -0.1) is 0 Å². The number of para-hydroxylation sites is 2. The van der Waals surface area contributed by atoms with Gasteiger partial charge in [-0.3, -0.25) is 15.1 Å². The van der Waals surface area contributed by atoms with Gasteiger partial charge in [-0.1, -0.05) is 12.1 Å². The zero-order valence-corrected chi connectivity index (χ0v) is 13.1. The molecule has 4 rings (SSSR count). The van der Waals surface area contributed by atoms with E-state index in [2.05, 4.69) is 30.2 Å². The third-order valence-corrected chi connectivity index (χ3v) is 4.30. The lowest BCUT2D eigenvalue weighted by Gasteiger charge is -2.32. The molecule has 1 amide bonds. The predicted molar refractivity (Wildman–Crippen MR) is 91.7 cm³/mol. The lowest BCUT2D eigenvalue weighted by atomic mass is 9.97. The molecule has 2 N–H and O–H groups in total. The highest BCUT2D eigenvalue weighted by atomic mass is 16.2. The van der Waals surface area contributed by atoms with Crippen molar-refractivity contribution in [3.63, 3.8) is 0 Å². The molecule has 0 saturated carbocycles. The maximum absolute atomic E-state index is 12.6. The van der Waals surface area contributed by atoms with Gasteiger partial charge in [-0.25, -0.2) is 9.97 Å². The Hall–Kier alpha value is -2.96. The number of hydrogen-bond donors (Lipinski definition) is 2. The van der Waals surface area contributed by atoms with Gasteiger partial charge in [0.1, 0.15) is 5.82 Å². The van der Waals surface area contributed by atoms with Crippen LogP contribution in [-0.2, 0) is 4.79 Å². The minimum Gasteiger partial charge on any atom is -0.355 e. The number of hydrogen-bond acceptors (Lipinski definition) is 5. The first-order valence-electron chi connectivity index (χ1n) is 8.06. The molecule has 24 heavy (non-hydrogen) atoms. The van der Waals surface area contributed by atoms with E-state index in [0.29, 0.717) is 12.5 Å². The summed E-state index contributed by atoms with van der Waals surface area (Å²) in [5.41, 5.74) is 1.76. The molecule has 1 atom stereocenters. The average Bonchev–Trinajstić information content (AvgIpc) is 3.05. The number of nitrogens with one attached hydrogen (secondary N) is 2. The van der Waals surface area contributed by atoms with Crippen molar-refractivity contribution in [2.45, 2.75) is 12.8 Å². The van der Waals surface area contributed by atoms with Crippen LogP contribution < -0.4 is 10.2 Å². The van der Waals surface area contributed by atoms with Gasteiger partial charge >= 0.3 is 0 Å². The molecule has 1 aliphatic heterocycles.